The molecule has 3 heteroatoms. The molecule has 3 rings (SSSR count). The van der Waals surface area contributed by atoms with Crippen molar-refractivity contribution < 1.29 is 9.47 Å². The zero-order valence-corrected chi connectivity index (χ0v) is 9.19. The van der Waals surface area contributed by atoms with Crippen LogP contribution in [0.4, 0.5) is 0 Å². The van der Waals surface area contributed by atoms with Gasteiger partial charge in [0.15, 0.2) is 0 Å². The number of hydrogen-bond donors (Lipinski definition) is 0. The minimum Gasteiger partial charge on any atom is -0.490 e. The number of rotatable bonds is 2. The van der Waals surface area contributed by atoms with E-state index < -0.39 is 0 Å². The van der Waals surface area contributed by atoms with Crippen LogP contribution >= 0.6 is 0 Å². The number of nitrogens with zero attached hydrogens (tertiary/aromatic N) is 1. The van der Waals surface area contributed by atoms with Gasteiger partial charge in [-0.1, -0.05) is 6.07 Å². The summed E-state index contributed by atoms with van der Waals surface area (Å²) in [6.45, 7) is 2.45. The number of fused-ring (bicyclic) bond motifs is 1. The Hall–Kier alpha value is -1.35. The number of ether oxygens (including phenoxy) is 2. The molecular formula is C13H15NO2. The van der Waals surface area contributed by atoms with E-state index in [1.54, 1.807) is 0 Å². The lowest BCUT2D eigenvalue weighted by Gasteiger charge is -2.23. The third-order valence-electron chi connectivity index (χ3n) is 3.08. The van der Waals surface area contributed by atoms with Gasteiger partial charge in [0.05, 0.1) is 19.8 Å². The van der Waals surface area contributed by atoms with E-state index in [1.165, 1.54) is 11.1 Å². The number of aliphatic imine (C=N–C) groups is 1. The highest BCUT2D eigenvalue weighted by Crippen LogP contribution is 2.23. The first-order valence-corrected chi connectivity index (χ1v) is 5.79. The molecular weight excluding hydrogens is 202 g/mol. The molecule has 0 aromatic heterocycles. The Bertz CT molecular complexity index is 408. The minimum absolute atomic E-state index is 0.310. The van der Waals surface area contributed by atoms with Crippen LogP contribution in [0.2, 0.25) is 0 Å². The lowest BCUT2D eigenvalue weighted by Crippen LogP contribution is -2.25. The van der Waals surface area contributed by atoms with Crippen molar-refractivity contribution in [2.24, 2.45) is 4.99 Å². The van der Waals surface area contributed by atoms with Crippen molar-refractivity contribution in [3.8, 4) is 5.75 Å². The lowest BCUT2D eigenvalue weighted by atomic mass is 10.1. The van der Waals surface area contributed by atoms with Gasteiger partial charge in [-0.2, -0.15) is 0 Å². The maximum absolute atomic E-state index is 5.94. The third-order valence-corrected chi connectivity index (χ3v) is 3.08. The fourth-order valence-corrected chi connectivity index (χ4v) is 2.14. The second kappa shape index (κ2) is 4.26. The van der Waals surface area contributed by atoms with Gasteiger partial charge in [0.1, 0.15) is 11.9 Å². The van der Waals surface area contributed by atoms with Gasteiger partial charge in [0.25, 0.3) is 0 Å². The average Bonchev–Trinajstić information content (AvgIpc) is 2.77. The molecule has 1 aromatic carbocycles. The summed E-state index contributed by atoms with van der Waals surface area (Å²) >= 11 is 0. The van der Waals surface area contributed by atoms with Crippen LogP contribution in [-0.4, -0.2) is 25.5 Å². The molecule has 0 atom stereocenters. The van der Waals surface area contributed by atoms with Gasteiger partial charge in [0.2, 0.25) is 0 Å². The van der Waals surface area contributed by atoms with E-state index in [4.69, 9.17) is 9.47 Å². The summed E-state index contributed by atoms with van der Waals surface area (Å²) in [7, 11) is 0. The fraction of sp³-hybridized carbons (Fsp3) is 0.462. The number of benzene rings is 1. The first kappa shape index (κ1) is 9.85. The molecule has 3 nitrogen and oxygen atoms in total. The molecule has 0 aliphatic carbocycles. The Morgan fingerprint density at radius 3 is 3.00 bits per heavy atom. The van der Waals surface area contributed by atoms with E-state index in [1.807, 2.05) is 12.3 Å². The highest BCUT2D eigenvalue weighted by Gasteiger charge is 2.16. The second-order valence-electron chi connectivity index (χ2n) is 4.26. The summed E-state index contributed by atoms with van der Waals surface area (Å²) in [4.78, 5) is 4.24. The predicted octanol–water partition coefficient (Wildman–Crippen LogP) is 2.18. The van der Waals surface area contributed by atoms with Crippen molar-refractivity contribution in [2.45, 2.75) is 25.5 Å². The molecule has 2 aliphatic heterocycles. The van der Waals surface area contributed by atoms with Gasteiger partial charge >= 0.3 is 0 Å². The molecule has 2 aliphatic rings. The van der Waals surface area contributed by atoms with Crippen LogP contribution in [0.3, 0.4) is 0 Å². The van der Waals surface area contributed by atoms with Crippen molar-refractivity contribution >= 4 is 6.21 Å². The van der Waals surface area contributed by atoms with Crippen molar-refractivity contribution in [1.29, 1.82) is 0 Å². The highest BCUT2D eigenvalue weighted by atomic mass is 16.5. The van der Waals surface area contributed by atoms with Crippen LogP contribution in [0.1, 0.15) is 24.0 Å². The van der Waals surface area contributed by atoms with Crippen LogP contribution < -0.4 is 4.74 Å². The zero-order chi connectivity index (χ0) is 10.8. The normalized spacial score (nSPS) is 19.8. The van der Waals surface area contributed by atoms with E-state index in [9.17, 15) is 0 Å². The zero-order valence-electron chi connectivity index (χ0n) is 9.19. The maximum atomic E-state index is 5.94. The molecule has 1 fully saturated rings. The quantitative estimate of drug-likeness (QED) is 0.760. The summed E-state index contributed by atoms with van der Waals surface area (Å²) in [5.74, 6) is 0.957. The van der Waals surface area contributed by atoms with Gasteiger partial charge in [0, 0.05) is 24.6 Å². The molecule has 0 amide bonds. The molecule has 16 heavy (non-hydrogen) atoms. The van der Waals surface area contributed by atoms with Gasteiger partial charge < -0.3 is 9.47 Å². The van der Waals surface area contributed by atoms with Crippen LogP contribution in [0.5, 0.6) is 5.75 Å². The molecule has 1 saturated heterocycles. The molecule has 2 heterocycles. The van der Waals surface area contributed by atoms with E-state index in [2.05, 4.69) is 17.1 Å². The van der Waals surface area contributed by atoms with Gasteiger partial charge in [-0.15, -0.1) is 0 Å². The Morgan fingerprint density at radius 1 is 1.25 bits per heavy atom. The smallest absolute Gasteiger partial charge is 0.120 e. The topological polar surface area (TPSA) is 30.8 Å². The van der Waals surface area contributed by atoms with Crippen molar-refractivity contribution in [3.63, 3.8) is 0 Å². The van der Waals surface area contributed by atoms with Crippen molar-refractivity contribution in [3.05, 3.63) is 29.3 Å². The standard InChI is InChI=1S/C13H15NO2/c1-2-13(7-11-9-14-8-10(1)11)16-12-3-5-15-6-4-12/h1-2,7,9,12H,3-6,8H2. The highest BCUT2D eigenvalue weighted by molar-refractivity contribution is 5.84. The van der Waals surface area contributed by atoms with E-state index in [0.717, 1.165) is 38.3 Å². The first-order chi connectivity index (χ1) is 7.92. The summed E-state index contributed by atoms with van der Waals surface area (Å²) in [5.41, 5.74) is 2.49. The molecule has 0 spiro atoms. The molecule has 1 aromatic rings. The molecule has 0 saturated carbocycles. The molecule has 84 valence electrons. The Labute approximate surface area is 95.1 Å². The molecule has 0 bridgehead atoms. The van der Waals surface area contributed by atoms with E-state index in [0.29, 0.717) is 6.10 Å². The largest absolute Gasteiger partial charge is 0.490 e. The summed E-state index contributed by atoms with van der Waals surface area (Å²) in [6, 6.07) is 6.24. The van der Waals surface area contributed by atoms with E-state index >= 15 is 0 Å². The first-order valence-electron chi connectivity index (χ1n) is 5.79. The monoisotopic (exact) mass is 217 g/mol. The third kappa shape index (κ3) is 1.95. The van der Waals surface area contributed by atoms with Crippen molar-refractivity contribution in [1.82, 2.24) is 0 Å². The average molecular weight is 217 g/mol. The Morgan fingerprint density at radius 2 is 2.12 bits per heavy atom. The van der Waals surface area contributed by atoms with Crippen LogP contribution in [0, 0.1) is 0 Å². The minimum atomic E-state index is 0.310. The Kier molecular flexibility index (Phi) is 2.62. The predicted molar refractivity (Wildman–Crippen MR) is 62.2 cm³/mol. The Balaban J connectivity index is 1.72. The molecule has 0 N–H and O–H groups in total. The summed E-state index contributed by atoms with van der Waals surface area (Å²) < 4.78 is 11.2. The van der Waals surface area contributed by atoms with Gasteiger partial charge in [-0.25, -0.2) is 0 Å². The van der Waals surface area contributed by atoms with Crippen LogP contribution in [0.15, 0.2) is 23.2 Å². The maximum Gasteiger partial charge on any atom is 0.120 e. The van der Waals surface area contributed by atoms with Gasteiger partial charge in [-0.05, 0) is 17.7 Å². The fourth-order valence-electron chi connectivity index (χ4n) is 2.14. The summed E-state index contributed by atoms with van der Waals surface area (Å²) in [6.07, 6.45) is 4.22. The number of hydrogen-bond acceptors (Lipinski definition) is 3. The second-order valence-corrected chi connectivity index (χ2v) is 4.26. The lowest BCUT2D eigenvalue weighted by molar-refractivity contribution is 0.0255. The molecule has 0 unspecified atom stereocenters. The SMILES string of the molecule is C1=NCc2ccc(OC3CCOCC3)cc21. The van der Waals surface area contributed by atoms with E-state index in [-0.39, 0.29) is 0 Å². The van der Waals surface area contributed by atoms with Crippen LogP contribution in [-0.2, 0) is 11.3 Å². The molecule has 0 radical (unpaired) electrons. The van der Waals surface area contributed by atoms with Crippen LogP contribution in [0.25, 0.3) is 0 Å². The van der Waals surface area contributed by atoms with Gasteiger partial charge in [-0.3, -0.25) is 4.99 Å². The summed E-state index contributed by atoms with van der Waals surface area (Å²) in [5, 5.41) is 0. The van der Waals surface area contributed by atoms with Crippen molar-refractivity contribution in [2.75, 3.05) is 13.2 Å².